The second kappa shape index (κ2) is 4.51. The van der Waals surface area contributed by atoms with Crippen LogP contribution in [0, 0.1) is 6.92 Å². The van der Waals surface area contributed by atoms with E-state index in [1.807, 2.05) is 0 Å². The van der Waals surface area contributed by atoms with Gasteiger partial charge in [-0.1, -0.05) is 6.07 Å². The van der Waals surface area contributed by atoms with E-state index in [-0.39, 0.29) is 5.56 Å². The average Bonchev–Trinajstić information content (AvgIpc) is 2.18. The maximum Gasteiger partial charge on any atom is 0.471 e. The molecule has 2 nitrogen and oxygen atoms in total. The van der Waals surface area contributed by atoms with E-state index < -0.39 is 29.5 Å². The van der Waals surface area contributed by atoms with Crippen LogP contribution < -0.4 is 5.32 Å². The number of aryl methyl sites for hydroxylation is 1. The summed E-state index contributed by atoms with van der Waals surface area (Å²) in [6.07, 6.45) is -9.84. The minimum atomic E-state index is -5.15. The maximum atomic E-state index is 12.3. The van der Waals surface area contributed by atoms with Crippen LogP contribution in [0.3, 0.4) is 0 Å². The molecule has 0 saturated heterocycles. The van der Waals surface area contributed by atoms with E-state index in [1.165, 1.54) is 12.2 Å². The first-order valence-electron chi connectivity index (χ1n) is 4.58. The van der Waals surface area contributed by atoms with Gasteiger partial charge in [-0.2, -0.15) is 26.3 Å². The first-order chi connectivity index (χ1) is 8.01. The SMILES string of the molecule is Cc1ccc(C(F)(F)F)cc1NC(=O)C(F)(F)F. The third kappa shape index (κ3) is 3.38. The van der Waals surface area contributed by atoms with Gasteiger partial charge in [-0.25, -0.2) is 0 Å². The molecular weight excluding hydrogens is 264 g/mol. The number of nitrogens with one attached hydrogen (secondary N) is 1. The van der Waals surface area contributed by atoms with Crippen molar-refractivity contribution in [3.8, 4) is 0 Å². The van der Waals surface area contributed by atoms with Crippen LogP contribution in [0.4, 0.5) is 32.0 Å². The highest BCUT2D eigenvalue weighted by Gasteiger charge is 2.39. The molecule has 1 amide bonds. The van der Waals surface area contributed by atoms with Crippen LogP contribution in [-0.4, -0.2) is 12.1 Å². The lowest BCUT2D eigenvalue weighted by Gasteiger charge is -2.13. The number of rotatable bonds is 1. The quantitative estimate of drug-likeness (QED) is 0.778. The van der Waals surface area contributed by atoms with Gasteiger partial charge in [0.1, 0.15) is 0 Å². The largest absolute Gasteiger partial charge is 0.471 e. The van der Waals surface area contributed by atoms with Crippen LogP contribution in [0.2, 0.25) is 0 Å². The standard InChI is InChI=1S/C10H7F6NO/c1-5-2-3-6(9(11,12)13)4-7(5)17-8(18)10(14,15)16/h2-4H,1H3,(H,17,18). The number of anilines is 1. The molecule has 0 radical (unpaired) electrons. The number of halogens is 6. The van der Waals surface area contributed by atoms with Gasteiger partial charge in [0, 0.05) is 5.69 Å². The summed E-state index contributed by atoms with van der Waals surface area (Å²) >= 11 is 0. The topological polar surface area (TPSA) is 29.1 Å². The van der Waals surface area contributed by atoms with E-state index >= 15 is 0 Å². The van der Waals surface area contributed by atoms with Gasteiger partial charge in [0.05, 0.1) is 5.56 Å². The predicted molar refractivity (Wildman–Crippen MR) is 50.9 cm³/mol. The summed E-state index contributed by atoms with van der Waals surface area (Å²) in [4.78, 5) is 10.6. The molecule has 0 unspecified atom stereocenters. The molecule has 1 rings (SSSR count). The first kappa shape index (κ1) is 14.3. The van der Waals surface area contributed by atoms with E-state index in [2.05, 4.69) is 0 Å². The van der Waals surface area contributed by atoms with Crippen LogP contribution in [0.15, 0.2) is 18.2 Å². The van der Waals surface area contributed by atoms with Crippen LogP contribution in [0.25, 0.3) is 0 Å². The van der Waals surface area contributed by atoms with Gasteiger partial charge in [0.15, 0.2) is 0 Å². The van der Waals surface area contributed by atoms with Crippen LogP contribution in [0.1, 0.15) is 11.1 Å². The van der Waals surface area contributed by atoms with Crippen molar-refractivity contribution in [2.75, 3.05) is 5.32 Å². The summed E-state index contributed by atoms with van der Waals surface area (Å²) < 4.78 is 72.9. The number of hydrogen-bond acceptors (Lipinski definition) is 1. The molecule has 0 aliphatic rings. The molecule has 0 aromatic heterocycles. The van der Waals surface area contributed by atoms with Crippen molar-refractivity contribution in [1.82, 2.24) is 0 Å². The molecule has 1 N–H and O–H groups in total. The Bertz CT molecular complexity index is 462. The monoisotopic (exact) mass is 271 g/mol. The lowest BCUT2D eigenvalue weighted by molar-refractivity contribution is -0.167. The molecular formula is C10H7F6NO. The summed E-state index contributed by atoms with van der Waals surface area (Å²) in [6.45, 7) is 1.28. The molecule has 1 aromatic rings. The van der Waals surface area contributed by atoms with Crippen molar-refractivity contribution in [1.29, 1.82) is 0 Å². The van der Waals surface area contributed by atoms with Gasteiger partial charge in [-0.3, -0.25) is 4.79 Å². The highest BCUT2D eigenvalue weighted by atomic mass is 19.4. The van der Waals surface area contributed by atoms with Gasteiger partial charge in [0.25, 0.3) is 0 Å². The molecule has 100 valence electrons. The summed E-state index contributed by atoms with van der Waals surface area (Å²) in [7, 11) is 0. The van der Waals surface area contributed by atoms with E-state index in [4.69, 9.17) is 0 Å². The first-order valence-corrected chi connectivity index (χ1v) is 4.58. The van der Waals surface area contributed by atoms with Crippen molar-refractivity contribution < 1.29 is 31.1 Å². The molecule has 0 saturated carbocycles. The van der Waals surface area contributed by atoms with E-state index in [9.17, 15) is 31.1 Å². The summed E-state index contributed by atoms with van der Waals surface area (Å²) in [5.41, 5.74) is -1.56. The molecule has 0 aliphatic heterocycles. The Labute approximate surface area is 97.6 Å². The van der Waals surface area contributed by atoms with E-state index in [0.717, 1.165) is 12.1 Å². The fourth-order valence-electron chi connectivity index (χ4n) is 1.13. The highest BCUT2D eigenvalue weighted by molar-refractivity contribution is 5.95. The second-order valence-electron chi connectivity index (χ2n) is 3.48. The fraction of sp³-hybridized carbons (Fsp3) is 0.300. The molecule has 0 fully saturated rings. The van der Waals surface area contributed by atoms with Gasteiger partial charge >= 0.3 is 18.3 Å². The number of carbonyl (C=O) groups excluding carboxylic acids is 1. The van der Waals surface area contributed by atoms with Gasteiger partial charge in [-0.05, 0) is 24.6 Å². The molecule has 0 bridgehead atoms. The molecule has 0 aliphatic carbocycles. The average molecular weight is 271 g/mol. The van der Waals surface area contributed by atoms with Crippen LogP contribution in [0.5, 0.6) is 0 Å². The zero-order valence-electron chi connectivity index (χ0n) is 8.91. The van der Waals surface area contributed by atoms with Gasteiger partial charge in [0.2, 0.25) is 0 Å². The zero-order chi connectivity index (χ0) is 14.1. The Kier molecular flexibility index (Phi) is 3.59. The Hall–Kier alpha value is -1.73. The third-order valence-electron chi connectivity index (χ3n) is 2.07. The fourth-order valence-corrected chi connectivity index (χ4v) is 1.13. The molecule has 18 heavy (non-hydrogen) atoms. The summed E-state index contributed by atoms with van der Waals surface area (Å²) in [5.74, 6) is -2.31. The van der Waals surface area contributed by atoms with Crippen molar-refractivity contribution in [3.63, 3.8) is 0 Å². The summed E-state index contributed by atoms with van der Waals surface area (Å²) in [6, 6.07) is 2.16. The van der Waals surface area contributed by atoms with Crippen molar-refractivity contribution >= 4 is 11.6 Å². The Morgan fingerprint density at radius 3 is 2.11 bits per heavy atom. The van der Waals surface area contributed by atoms with E-state index in [1.54, 1.807) is 0 Å². The predicted octanol–water partition coefficient (Wildman–Crippen LogP) is 3.51. The molecule has 8 heteroatoms. The van der Waals surface area contributed by atoms with Crippen molar-refractivity contribution in [2.45, 2.75) is 19.3 Å². The maximum absolute atomic E-state index is 12.3. The number of benzene rings is 1. The third-order valence-corrected chi connectivity index (χ3v) is 2.07. The lowest BCUT2D eigenvalue weighted by Crippen LogP contribution is -2.30. The molecule has 0 heterocycles. The normalized spacial score (nSPS) is 12.4. The zero-order valence-corrected chi connectivity index (χ0v) is 8.91. The van der Waals surface area contributed by atoms with E-state index in [0.29, 0.717) is 6.07 Å². The van der Waals surface area contributed by atoms with Crippen molar-refractivity contribution in [2.24, 2.45) is 0 Å². The number of hydrogen-bond donors (Lipinski definition) is 1. The van der Waals surface area contributed by atoms with Gasteiger partial charge < -0.3 is 5.32 Å². The smallest absolute Gasteiger partial charge is 0.318 e. The summed E-state index contributed by atoms with van der Waals surface area (Å²) in [5, 5.41) is 1.40. The van der Waals surface area contributed by atoms with Crippen LogP contribution in [-0.2, 0) is 11.0 Å². The van der Waals surface area contributed by atoms with Gasteiger partial charge in [-0.15, -0.1) is 0 Å². The van der Waals surface area contributed by atoms with Crippen molar-refractivity contribution in [3.05, 3.63) is 29.3 Å². The molecule has 0 atom stereocenters. The minimum absolute atomic E-state index is 0.0978. The Morgan fingerprint density at radius 1 is 1.11 bits per heavy atom. The lowest BCUT2D eigenvalue weighted by atomic mass is 10.1. The molecule has 1 aromatic carbocycles. The number of amides is 1. The number of carbonyl (C=O) groups is 1. The Morgan fingerprint density at radius 2 is 1.67 bits per heavy atom. The second-order valence-corrected chi connectivity index (χ2v) is 3.48. The number of alkyl halides is 6. The molecule has 0 spiro atoms. The highest BCUT2D eigenvalue weighted by Crippen LogP contribution is 2.32. The Balaban J connectivity index is 3.06. The van der Waals surface area contributed by atoms with Crippen LogP contribution >= 0.6 is 0 Å². The minimum Gasteiger partial charge on any atom is -0.318 e.